The van der Waals surface area contributed by atoms with E-state index < -0.39 is 12.1 Å². The van der Waals surface area contributed by atoms with E-state index in [1.807, 2.05) is 0 Å². The van der Waals surface area contributed by atoms with Crippen molar-refractivity contribution in [3.63, 3.8) is 0 Å². The number of aliphatic hydroxyl groups is 1. The van der Waals surface area contributed by atoms with Crippen LogP contribution in [0.5, 0.6) is 0 Å². The molecule has 0 saturated carbocycles. The number of nitrogens with two attached hydrogens (primary N) is 3. The van der Waals surface area contributed by atoms with Crippen LogP contribution in [-0.4, -0.2) is 67.6 Å². The zero-order chi connectivity index (χ0) is 21.9. The molecule has 10 nitrogen and oxygen atoms in total. The number of unbranched alkanes of at least 4 members (excludes halogenated alkanes) is 4. The fraction of sp³-hybridized carbons (Fsp3) is 0.842. The van der Waals surface area contributed by atoms with Crippen LogP contribution >= 0.6 is 0 Å². The summed E-state index contributed by atoms with van der Waals surface area (Å²) in [6, 6.07) is -1.04. The Bertz CT molecular complexity index is 463. The maximum Gasteiger partial charge on any atom is 0.222 e. The molecular formula is C19H41N7O3. The summed E-state index contributed by atoms with van der Waals surface area (Å²) >= 11 is 0. The molecule has 0 radical (unpaired) electrons. The summed E-state index contributed by atoms with van der Waals surface area (Å²) in [5.74, 6) is -0.565. The maximum atomic E-state index is 12.1. The Balaban J connectivity index is 3.74. The van der Waals surface area contributed by atoms with Gasteiger partial charge in [0, 0.05) is 19.5 Å². The highest BCUT2D eigenvalue weighted by Gasteiger charge is 2.24. The topological polar surface area (TPSA) is 192 Å². The highest BCUT2D eigenvalue weighted by molar-refractivity contribution is 5.85. The lowest BCUT2D eigenvalue weighted by Gasteiger charge is -2.17. The second-order valence-electron chi connectivity index (χ2n) is 7.22. The molecular weight excluding hydrogens is 374 g/mol. The second-order valence-corrected chi connectivity index (χ2v) is 7.22. The van der Waals surface area contributed by atoms with Crippen LogP contribution in [0.3, 0.4) is 0 Å². The fourth-order valence-electron chi connectivity index (χ4n) is 2.73. The van der Waals surface area contributed by atoms with Gasteiger partial charge in [-0.2, -0.15) is 0 Å². The monoisotopic (exact) mass is 415 g/mol. The highest BCUT2D eigenvalue weighted by atomic mass is 16.3. The number of amides is 1. The van der Waals surface area contributed by atoms with Gasteiger partial charge in [-0.1, -0.05) is 12.8 Å². The van der Waals surface area contributed by atoms with E-state index in [2.05, 4.69) is 16.0 Å². The molecule has 0 rings (SSSR count). The van der Waals surface area contributed by atoms with Crippen molar-refractivity contribution in [1.82, 2.24) is 16.0 Å². The smallest absolute Gasteiger partial charge is 0.222 e. The lowest BCUT2D eigenvalue weighted by Crippen LogP contribution is -2.44. The third-order valence-corrected chi connectivity index (χ3v) is 4.51. The molecule has 0 spiro atoms. The van der Waals surface area contributed by atoms with Crippen molar-refractivity contribution in [3.05, 3.63) is 0 Å². The summed E-state index contributed by atoms with van der Waals surface area (Å²) in [4.78, 5) is 23.9. The zero-order valence-corrected chi connectivity index (χ0v) is 17.5. The molecule has 0 fully saturated rings. The third-order valence-electron chi connectivity index (χ3n) is 4.51. The van der Waals surface area contributed by atoms with Crippen LogP contribution in [0.1, 0.15) is 57.8 Å². The highest BCUT2D eigenvalue weighted by Crippen LogP contribution is 2.07. The van der Waals surface area contributed by atoms with E-state index in [0.29, 0.717) is 26.1 Å². The number of nitrogens with one attached hydrogen (secondary N) is 4. The number of carbonyl (C=O) groups is 2. The van der Waals surface area contributed by atoms with Crippen molar-refractivity contribution in [2.24, 2.45) is 17.2 Å². The normalized spacial score (nSPS) is 12.9. The largest absolute Gasteiger partial charge is 0.390 e. The van der Waals surface area contributed by atoms with Gasteiger partial charge in [-0.15, -0.1) is 0 Å². The molecule has 0 heterocycles. The minimum absolute atomic E-state index is 0.0421. The van der Waals surface area contributed by atoms with Gasteiger partial charge in [-0.25, -0.2) is 0 Å². The van der Waals surface area contributed by atoms with Crippen LogP contribution in [0.2, 0.25) is 0 Å². The van der Waals surface area contributed by atoms with Crippen LogP contribution < -0.4 is 33.2 Å². The molecule has 0 aromatic heterocycles. The van der Waals surface area contributed by atoms with Crippen molar-refractivity contribution < 1.29 is 14.7 Å². The van der Waals surface area contributed by atoms with Crippen molar-refractivity contribution >= 4 is 17.6 Å². The Kier molecular flexibility index (Phi) is 17.2. The number of aliphatic hydroxyl groups excluding tert-OH is 1. The molecule has 0 aliphatic heterocycles. The number of hydrogen-bond donors (Lipinski definition) is 8. The maximum absolute atomic E-state index is 12.1. The van der Waals surface area contributed by atoms with Gasteiger partial charge in [0.2, 0.25) is 5.91 Å². The summed E-state index contributed by atoms with van der Waals surface area (Å²) in [6.07, 6.45) is 5.01. The predicted molar refractivity (Wildman–Crippen MR) is 115 cm³/mol. The van der Waals surface area contributed by atoms with E-state index in [1.54, 1.807) is 0 Å². The fourth-order valence-corrected chi connectivity index (χ4v) is 2.73. The van der Waals surface area contributed by atoms with Crippen LogP contribution in [0.25, 0.3) is 0 Å². The average molecular weight is 416 g/mol. The standard InChI is InChI=1S/C19H41N7O3/c20-9-7-11-24-10-5-6-12-25-17(29)14-16(28)18(21)15(27)8-3-1-2-4-13-26-19(22)23/h16,18,24,28H,1-14,20-21H2,(H,25,29)(H4,22,23,26). The van der Waals surface area contributed by atoms with E-state index in [9.17, 15) is 14.7 Å². The summed E-state index contributed by atoms with van der Waals surface area (Å²) in [7, 11) is 0. The molecule has 0 aromatic rings. The summed E-state index contributed by atoms with van der Waals surface area (Å²) in [5.41, 5.74) is 16.4. The Hall–Kier alpha value is -1.75. The molecule has 0 aliphatic carbocycles. The van der Waals surface area contributed by atoms with Gasteiger partial charge in [0.1, 0.15) is 0 Å². The minimum Gasteiger partial charge on any atom is -0.390 e. The van der Waals surface area contributed by atoms with Crippen LogP contribution in [0.4, 0.5) is 0 Å². The Morgan fingerprint density at radius 1 is 0.897 bits per heavy atom. The third kappa shape index (κ3) is 16.9. The first-order valence-electron chi connectivity index (χ1n) is 10.6. The van der Waals surface area contributed by atoms with Crippen molar-refractivity contribution in [2.75, 3.05) is 32.7 Å². The minimum atomic E-state index is -1.17. The molecule has 0 bridgehead atoms. The first-order valence-corrected chi connectivity index (χ1v) is 10.6. The lowest BCUT2D eigenvalue weighted by molar-refractivity contribution is -0.126. The summed E-state index contributed by atoms with van der Waals surface area (Å²) in [6.45, 7) is 3.63. The first-order chi connectivity index (χ1) is 13.9. The van der Waals surface area contributed by atoms with Gasteiger partial charge >= 0.3 is 0 Å². The number of rotatable bonds is 19. The number of carbonyl (C=O) groups excluding carboxylic acids is 2. The Morgan fingerprint density at radius 2 is 1.48 bits per heavy atom. The molecule has 2 unspecified atom stereocenters. The van der Waals surface area contributed by atoms with Gasteiger partial charge in [-0.3, -0.25) is 15.0 Å². The van der Waals surface area contributed by atoms with Crippen molar-refractivity contribution in [1.29, 1.82) is 5.41 Å². The van der Waals surface area contributed by atoms with Crippen LogP contribution in [0, 0.1) is 5.41 Å². The quantitative estimate of drug-likeness (QED) is 0.0740. The Labute approximate surface area is 174 Å². The number of guanidine groups is 1. The lowest BCUT2D eigenvalue weighted by atomic mass is 9.99. The molecule has 170 valence electrons. The van der Waals surface area contributed by atoms with E-state index in [1.165, 1.54) is 0 Å². The van der Waals surface area contributed by atoms with Crippen molar-refractivity contribution in [3.8, 4) is 0 Å². The first kappa shape index (κ1) is 27.2. The molecule has 29 heavy (non-hydrogen) atoms. The summed E-state index contributed by atoms with van der Waals surface area (Å²) < 4.78 is 0. The molecule has 2 atom stereocenters. The van der Waals surface area contributed by atoms with Gasteiger partial charge in [0.25, 0.3) is 0 Å². The molecule has 0 aliphatic rings. The van der Waals surface area contributed by atoms with Gasteiger partial charge in [0.05, 0.1) is 18.6 Å². The second kappa shape index (κ2) is 18.3. The van der Waals surface area contributed by atoms with Crippen LogP contribution in [0.15, 0.2) is 0 Å². The molecule has 11 N–H and O–H groups in total. The van der Waals surface area contributed by atoms with Gasteiger partial charge < -0.3 is 38.3 Å². The number of hydrogen-bond acceptors (Lipinski definition) is 7. The molecule has 0 saturated heterocycles. The summed E-state index contributed by atoms with van der Waals surface area (Å²) in [5, 5.41) is 25.8. The zero-order valence-electron chi connectivity index (χ0n) is 17.5. The van der Waals surface area contributed by atoms with Gasteiger partial charge in [0.15, 0.2) is 11.7 Å². The van der Waals surface area contributed by atoms with E-state index in [-0.39, 0.29) is 30.5 Å². The SMILES string of the molecule is N=C(N)NCCCCCCC(=O)C(N)C(O)CC(=O)NCCCCNCCCN. The Morgan fingerprint density at radius 3 is 2.17 bits per heavy atom. The van der Waals surface area contributed by atoms with E-state index in [4.69, 9.17) is 22.6 Å². The molecule has 10 heteroatoms. The average Bonchev–Trinajstić information content (AvgIpc) is 2.68. The number of Topliss-reactive ketones (excluding diaryl/α,β-unsaturated/α-hetero) is 1. The predicted octanol–water partition coefficient (Wildman–Crippen LogP) is -1.10. The van der Waals surface area contributed by atoms with Crippen LogP contribution in [-0.2, 0) is 9.59 Å². The van der Waals surface area contributed by atoms with Crippen molar-refractivity contribution in [2.45, 2.75) is 69.9 Å². The number of ketones is 1. The van der Waals surface area contributed by atoms with Gasteiger partial charge in [-0.05, 0) is 51.7 Å². The molecule has 1 amide bonds. The van der Waals surface area contributed by atoms with E-state index in [0.717, 1.165) is 51.6 Å². The van der Waals surface area contributed by atoms with E-state index >= 15 is 0 Å². The molecule has 0 aromatic carbocycles.